The normalized spacial score (nSPS) is 11.2. The third-order valence-corrected chi connectivity index (χ3v) is 3.43. The number of alkyl halides is 1. The molecular formula is C14H13ClN4O. The van der Waals surface area contributed by atoms with Crippen molar-refractivity contribution in [2.75, 3.05) is 0 Å². The Kier molecular flexibility index (Phi) is 3.06. The van der Waals surface area contributed by atoms with Crippen molar-refractivity contribution in [1.29, 1.82) is 0 Å². The van der Waals surface area contributed by atoms with E-state index in [9.17, 15) is 4.79 Å². The minimum atomic E-state index is -0.123. The summed E-state index contributed by atoms with van der Waals surface area (Å²) in [6.45, 7) is 1.86. The van der Waals surface area contributed by atoms with Crippen LogP contribution in [0.2, 0.25) is 0 Å². The number of aryl methyl sites for hydroxylation is 2. The van der Waals surface area contributed by atoms with Gasteiger partial charge in [-0.1, -0.05) is 12.1 Å². The molecule has 2 aromatic heterocycles. The van der Waals surface area contributed by atoms with Crippen molar-refractivity contribution in [1.82, 2.24) is 19.3 Å². The Hall–Kier alpha value is -2.14. The topological polar surface area (TPSA) is 52.7 Å². The lowest BCUT2D eigenvalue weighted by molar-refractivity contribution is 0.756. The summed E-state index contributed by atoms with van der Waals surface area (Å²) in [5.41, 5.74) is 2.01. The first-order valence-corrected chi connectivity index (χ1v) is 6.72. The van der Waals surface area contributed by atoms with Crippen molar-refractivity contribution in [3.05, 3.63) is 52.3 Å². The maximum absolute atomic E-state index is 12.7. The number of hydrogen-bond donors (Lipinski definition) is 0. The van der Waals surface area contributed by atoms with E-state index in [2.05, 4.69) is 10.1 Å². The smallest absolute Gasteiger partial charge is 0.266 e. The summed E-state index contributed by atoms with van der Waals surface area (Å²) in [5.74, 6) is 0.681. The van der Waals surface area contributed by atoms with Crippen LogP contribution < -0.4 is 5.56 Å². The first kappa shape index (κ1) is 12.9. The van der Waals surface area contributed by atoms with E-state index in [4.69, 9.17) is 11.6 Å². The average Bonchev–Trinajstić information content (AvgIpc) is 2.77. The first-order chi connectivity index (χ1) is 9.61. The van der Waals surface area contributed by atoms with Gasteiger partial charge in [0, 0.05) is 13.2 Å². The monoisotopic (exact) mass is 288 g/mol. The van der Waals surface area contributed by atoms with E-state index in [0.717, 1.165) is 5.69 Å². The Labute approximate surface area is 120 Å². The van der Waals surface area contributed by atoms with E-state index in [0.29, 0.717) is 22.4 Å². The Morgan fingerprint density at radius 1 is 1.30 bits per heavy atom. The van der Waals surface area contributed by atoms with Gasteiger partial charge >= 0.3 is 0 Å². The summed E-state index contributed by atoms with van der Waals surface area (Å²) < 4.78 is 3.21. The van der Waals surface area contributed by atoms with Crippen molar-refractivity contribution in [2.24, 2.45) is 7.05 Å². The summed E-state index contributed by atoms with van der Waals surface area (Å²) in [5, 5.41) is 4.84. The zero-order valence-electron chi connectivity index (χ0n) is 11.2. The minimum Gasteiger partial charge on any atom is -0.273 e. The van der Waals surface area contributed by atoms with Crippen LogP contribution in [-0.2, 0) is 12.9 Å². The van der Waals surface area contributed by atoms with Crippen LogP contribution in [0.4, 0.5) is 0 Å². The lowest BCUT2D eigenvalue weighted by atomic mass is 10.2. The van der Waals surface area contributed by atoms with Gasteiger partial charge in [-0.3, -0.25) is 14.0 Å². The molecule has 0 aliphatic rings. The zero-order valence-corrected chi connectivity index (χ0v) is 11.9. The van der Waals surface area contributed by atoms with Crippen LogP contribution in [0, 0.1) is 6.92 Å². The highest BCUT2D eigenvalue weighted by molar-refractivity contribution is 6.16. The highest BCUT2D eigenvalue weighted by atomic mass is 35.5. The van der Waals surface area contributed by atoms with Gasteiger partial charge in [-0.05, 0) is 19.1 Å². The number of rotatable bonds is 2. The van der Waals surface area contributed by atoms with Gasteiger partial charge in [0.1, 0.15) is 5.82 Å². The molecule has 0 aliphatic heterocycles. The number of hydrogen-bond acceptors (Lipinski definition) is 3. The van der Waals surface area contributed by atoms with Crippen molar-refractivity contribution < 1.29 is 0 Å². The number of para-hydroxylation sites is 1. The van der Waals surface area contributed by atoms with Crippen molar-refractivity contribution in [3.8, 4) is 5.69 Å². The van der Waals surface area contributed by atoms with E-state index in [1.807, 2.05) is 32.2 Å². The lowest BCUT2D eigenvalue weighted by Crippen LogP contribution is -2.23. The van der Waals surface area contributed by atoms with E-state index >= 15 is 0 Å². The molecule has 6 heteroatoms. The predicted octanol–water partition coefficient (Wildman–Crippen LogP) is 2.17. The maximum Gasteiger partial charge on any atom is 0.266 e. The second-order valence-corrected chi connectivity index (χ2v) is 4.86. The standard InChI is InChI=1S/C14H13ClN4O/c1-9-12(8-18(2)17-9)19-13(7-15)16-11-6-4-3-5-10(11)14(19)20/h3-6,8H,7H2,1-2H3. The number of benzene rings is 1. The van der Waals surface area contributed by atoms with Crippen LogP contribution in [0.3, 0.4) is 0 Å². The van der Waals surface area contributed by atoms with Crippen molar-refractivity contribution in [2.45, 2.75) is 12.8 Å². The van der Waals surface area contributed by atoms with Crippen LogP contribution in [0.5, 0.6) is 0 Å². The third kappa shape index (κ3) is 1.91. The second kappa shape index (κ2) is 4.76. The van der Waals surface area contributed by atoms with Gasteiger partial charge in [0.2, 0.25) is 0 Å². The fourth-order valence-electron chi connectivity index (χ4n) is 2.32. The molecule has 0 N–H and O–H groups in total. The van der Waals surface area contributed by atoms with Crippen molar-refractivity contribution >= 4 is 22.5 Å². The minimum absolute atomic E-state index is 0.123. The van der Waals surface area contributed by atoms with Gasteiger partial charge in [0.15, 0.2) is 0 Å². The third-order valence-electron chi connectivity index (χ3n) is 3.19. The fourth-order valence-corrected chi connectivity index (χ4v) is 2.50. The Morgan fingerprint density at radius 3 is 2.70 bits per heavy atom. The molecule has 20 heavy (non-hydrogen) atoms. The van der Waals surface area contributed by atoms with Gasteiger partial charge in [-0.15, -0.1) is 11.6 Å². The summed E-state index contributed by atoms with van der Waals surface area (Å²) in [6.07, 6.45) is 1.79. The molecule has 0 unspecified atom stereocenters. The van der Waals surface area contributed by atoms with Crippen LogP contribution >= 0.6 is 11.6 Å². The van der Waals surface area contributed by atoms with Crippen LogP contribution in [0.1, 0.15) is 11.5 Å². The van der Waals surface area contributed by atoms with Gasteiger partial charge in [0.05, 0.1) is 28.2 Å². The molecule has 0 aliphatic carbocycles. The Morgan fingerprint density at radius 2 is 2.05 bits per heavy atom. The molecule has 0 saturated carbocycles. The first-order valence-electron chi connectivity index (χ1n) is 6.19. The maximum atomic E-state index is 12.7. The Balaban J connectivity index is 2.43. The SMILES string of the molecule is Cc1nn(C)cc1-n1c(CCl)nc2ccccc2c1=O. The summed E-state index contributed by atoms with van der Waals surface area (Å²) in [6, 6.07) is 7.26. The van der Waals surface area contributed by atoms with Crippen LogP contribution in [0.15, 0.2) is 35.3 Å². The lowest BCUT2D eigenvalue weighted by Gasteiger charge is -2.10. The van der Waals surface area contributed by atoms with E-state index in [1.165, 1.54) is 4.57 Å². The summed E-state index contributed by atoms with van der Waals surface area (Å²) in [7, 11) is 1.82. The molecule has 0 spiro atoms. The van der Waals surface area contributed by atoms with Gasteiger partial charge in [-0.2, -0.15) is 5.10 Å². The highest BCUT2D eigenvalue weighted by Crippen LogP contribution is 2.16. The van der Waals surface area contributed by atoms with Crippen molar-refractivity contribution in [3.63, 3.8) is 0 Å². The Bertz CT molecular complexity index is 850. The second-order valence-electron chi connectivity index (χ2n) is 4.59. The van der Waals surface area contributed by atoms with E-state index in [1.54, 1.807) is 16.9 Å². The van der Waals surface area contributed by atoms with Crippen LogP contribution in [-0.4, -0.2) is 19.3 Å². The van der Waals surface area contributed by atoms with E-state index in [-0.39, 0.29) is 11.4 Å². The quantitative estimate of drug-likeness (QED) is 0.679. The fraction of sp³-hybridized carbons (Fsp3) is 0.214. The van der Waals surface area contributed by atoms with E-state index < -0.39 is 0 Å². The van der Waals surface area contributed by atoms with Gasteiger partial charge in [-0.25, -0.2) is 4.98 Å². The zero-order chi connectivity index (χ0) is 14.3. The molecule has 0 saturated heterocycles. The molecule has 0 atom stereocenters. The molecule has 2 heterocycles. The molecule has 0 amide bonds. The highest BCUT2D eigenvalue weighted by Gasteiger charge is 2.15. The number of aromatic nitrogens is 4. The predicted molar refractivity (Wildman–Crippen MR) is 78.4 cm³/mol. The molecule has 5 nitrogen and oxygen atoms in total. The molecule has 0 bridgehead atoms. The summed E-state index contributed by atoms with van der Waals surface area (Å²) >= 11 is 5.96. The summed E-state index contributed by atoms with van der Waals surface area (Å²) in [4.78, 5) is 17.2. The molecular weight excluding hydrogens is 276 g/mol. The molecule has 3 rings (SSSR count). The van der Waals surface area contributed by atoms with Crippen LogP contribution in [0.25, 0.3) is 16.6 Å². The molecule has 0 radical (unpaired) electrons. The molecule has 3 aromatic rings. The number of fused-ring (bicyclic) bond motifs is 1. The van der Waals surface area contributed by atoms with Gasteiger partial charge < -0.3 is 0 Å². The molecule has 0 fully saturated rings. The molecule has 1 aromatic carbocycles. The molecule has 102 valence electrons. The largest absolute Gasteiger partial charge is 0.273 e. The number of halogens is 1. The number of nitrogens with zero attached hydrogens (tertiary/aromatic N) is 4. The van der Waals surface area contributed by atoms with Gasteiger partial charge in [0.25, 0.3) is 5.56 Å². The average molecular weight is 289 g/mol.